The molecule has 1 saturated heterocycles. The van der Waals surface area contributed by atoms with E-state index in [2.05, 4.69) is 0 Å². The molecule has 1 aliphatic heterocycles. The summed E-state index contributed by atoms with van der Waals surface area (Å²) in [4.78, 5) is 20.5. The van der Waals surface area contributed by atoms with E-state index in [9.17, 15) is 28.6 Å². The van der Waals surface area contributed by atoms with Gasteiger partial charge in [-0.25, -0.2) is 8.42 Å². The summed E-state index contributed by atoms with van der Waals surface area (Å²) in [7, 11) is -3.99. The van der Waals surface area contributed by atoms with Gasteiger partial charge in [0, 0.05) is 36.6 Å². The van der Waals surface area contributed by atoms with Gasteiger partial charge in [-0.1, -0.05) is 18.2 Å². The van der Waals surface area contributed by atoms with E-state index in [1.54, 1.807) is 6.07 Å². The molecule has 136 valence electrons. The molecule has 0 aliphatic carbocycles. The Bertz CT molecular complexity index is 979. The number of benzene rings is 2. The minimum absolute atomic E-state index is 0.123. The fourth-order valence-corrected chi connectivity index (χ4v) is 5.92. The van der Waals surface area contributed by atoms with Crippen LogP contribution in [0.15, 0.2) is 53.4 Å². The second kappa shape index (κ2) is 7.02. The summed E-state index contributed by atoms with van der Waals surface area (Å²) in [5.74, 6) is 0.515. The lowest BCUT2D eigenvalue weighted by molar-refractivity contribution is -0.385. The van der Waals surface area contributed by atoms with Gasteiger partial charge in [0.25, 0.3) is 11.4 Å². The summed E-state index contributed by atoms with van der Waals surface area (Å²) in [6.07, 6.45) is 0. The lowest BCUT2D eigenvalue weighted by Gasteiger charge is -2.23. The SMILES string of the molecule is O=[N+]([O-])c1cccc(C2SCCN2S(=O)(=O)c2cccc([N+](=O)[O-])c2)c1. The average Bonchev–Trinajstić information content (AvgIpc) is 3.12. The van der Waals surface area contributed by atoms with E-state index in [1.807, 2.05) is 0 Å². The van der Waals surface area contributed by atoms with Crippen LogP contribution in [0.25, 0.3) is 0 Å². The minimum atomic E-state index is -3.99. The Morgan fingerprint density at radius 1 is 1.00 bits per heavy atom. The molecular formula is C15H13N3O6S2. The topological polar surface area (TPSA) is 124 Å². The predicted octanol–water partition coefficient (Wildman–Crippen LogP) is 2.94. The van der Waals surface area contributed by atoms with Crippen molar-refractivity contribution in [3.05, 3.63) is 74.3 Å². The normalized spacial score (nSPS) is 17.9. The van der Waals surface area contributed by atoms with Crippen LogP contribution in [0.2, 0.25) is 0 Å². The number of rotatable bonds is 5. The molecule has 1 heterocycles. The van der Waals surface area contributed by atoms with Crippen molar-refractivity contribution in [3.8, 4) is 0 Å². The molecule has 11 heteroatoms. The van der Waals surface area contributed by atoms with Crippen molar-refractivity contribution >= 4 is 33.2 Å². The Hall–Kier alpha value is -2.50. The summed E-state index contributed by atoms with van der Waals surface area (Å²) in [5.41, 5.74) is 0.0585. The van der Waals surface area contributed by atoms with Crippen molar-refractivity contribution < 1.29 is 18.3 Å². The molecule has 0 saturated carbocycles. The Balaban J connectivity index is 1.99. The Kier molecular flexibility index (Phi) is 4.94. The molecule has 2 aromatic rings. The van der Waals surface area contributed by atoms with Crippen molar-refractivity contribution in [2.24, 2.45) is 0 Å². The second-order valence-electron chi connectivity index (χ2n) is 5.45. The van der Waals surface area contributed by atoms with E-state index in [0.29, 0.717) is 11.3 Å². The third kappa shape index (κ3) is 3.41. The van der Waals surface area contributed by atoms with Crippen molar-refractivity contribution in [3.63, 3.8) is 0 Å². The molecule has 2 aromatic carbocycles. The molecule has 1 fully saturated rings. The molecule has 0 bridgehead atoms. The zero-order valence-electron chi connectivity index (χ0n) is 13.2. The quantitative estimate of drug-likeness (QED) is 0.563. The molecule has 1 atom stereocenters. The summed E-state index contributed by atoms with van der Waals surface area (Å²) in [5, 5.41) is 21.3. The van der Waals surface area contributed by atoms with Crippen LogP contribution in [-0.4, -0.2) is 34.9 Å². The van der Waals surface area contributed by atoms with Crippen molar-refractivity contribution in [2.75, 3.05) is 12.3 Å². The van der Waals surface area contributed by atoms with Crippen molar-refractivity contribution in [2.45, 2.75) is 10.3 Å². The van der Waals surface area contributed by atoms with Crippen LogP contribution < -0.4 is 0 Å². The van der Waals surface area contributed by atoms with E-state index >= 15 is 0 Å². The van der Waals surface area contributed by atoms with Crippen LogP contribution >= 0.6 is 11.8 Å². The largest absolute Gasteiger partial charge is 0.270 e. The molecule has 0 radical (unpaired) electrons. The maximum absolute atomic E-state index is 13.0. The van der Waals surface area contributed by atoms with E-state index in [4.69, 9.17) is 0 Å². The number of thioether (sulfide) groups is 1. The molecule has 26 heavy (non-hydrogen) atoms. The lowest BCUT2D eigenvalue weighted by atomic mass is 10.2. The smallest absolute Gasteiger partial charge is 0.258 e. The van der Waals surface area contributed by atoms with Crippen LogP contribution in [-0.2, 0) is 10.0 Å². The van der Waals surface area contributed by atoms with Gasteiger partial charge >= 0.3 is 0 Å². The van der Waals surface area contributed by atoms with E-state index in [-0.39, 0.29) is 22.8 Å². The van der Waals surface area contributed by atoms with Crippen LogP contribution in [0.5, 0.6) is 0 Å². The molecule has 0 spiro atoms. The summed E-state index contributed by atoms with van der Waals surface area (Å²) >= 11 is 1.35. The van der Waals surface area contributed by atoms with Crippen LogP contribution in [0.4, 0.5) is 11.4 Å². The monoisotopic (exact) mass is 395 g/mol. The van der Waals surface area contributed by atoms with Gasteiger partial charge in [0.15, 0.2) is 0 Å². The maximum Gasteiger partial charge on any atom is 0.270 e. The number of nitro benzene ring substituents is 2. The minimum Gasteiger partial charge on any atom is -0.258 e. The van der Waals surface area contributed by atoms with E-state index < -0.39 is 25.2 Å². The zero-order valence-corrected chi connectivity index (χ0v) is 14.9. The predicted molar refractivity (Wildman–Crippen MR) is 95.3 cm³/mol. The first kappa shape index (κ1) is 18.3. The fraction of sp³-hybridized carbons (Fsp3) is 0.200. The van der Waals surface area contributed by atoms with E-state index in [1.165, 1.54) is 52.5 Å². The van der Waals surface area contributed by atoms with E-state index in [0.717, 1.165) is 6.07 Å². The number of nitrogens with zero attached hydrogens (tertiary/aromatic N) is 3. The van der Waals surface area contributed by atoms with Gasteiger partial charge < -0.3 is 0 Å². The summed E-state index contributed by atoms with van der Waals surface area (Å²) in [6.45, 7) is 0.211. The number of sulfonamides is 1. The molecular weight excluding hydrogens is 382 g/mol. The summed E-state index contributed by atoms with van der Waals surface area (Å²) < 4.78 is 27.2. The third-order valence-corrected chi connectivity index (χ3v) is 7.10. The average molecular weight is 395 g/mol. The van der Waals surface area contributed by atoms with Gasteiger partial charge in [-0.2, -0.15) is 4.31 Å². The van der Waals surface area contributed by atoms with Gasteiger partial charge in [0.05, 0.1) is 20.1 Å². The number of non-ortho nitro benzene ring substituents is 2. The highest BCUT2D eigenvalue weighted by Crippen LogP contribution is 2.42. The van der Waals surface area contributed by atoms with Gasteiger partial charge in [0.1, 0.15) is 0 Å². The van der Waals surface area contributed by atoms with Gasteiger partial charge in [-0.15, -0.1) is 11.8 Å². The highest BCUT2D eigenvalue weighted by Gasteiger charge is 2.37. The number of nitro groups is 2. The Labute approximate surface area is 153 Å². The standard InChI is InChI=1S/C15H13N3O6S2/c19-17(20)12-4-1-3-11(9-12)15-16(7-8-25-15)26(23,24)14-6-2-5-13(10-14)18(21)22/h1-6,9-10,15H,7-8H2. The van der Waals surface area contributed by atoms with Crippen molar-refractivity contribution in [1.82, 2.24) is 4.31 Å². The molecule has 9 nitrogen and oxygen atoms in total. The van der Waals surface area contributed by atoms with Gasteiger partial charge in [-0.05, 0) is 11.6 Å². The molecule has 0 aromatic heterocycles. The van der Waals surface area contributed by atoms with Crippen molar-refractivity contribution in [1.29, 1.82) is 0 Å². The van der Waals surface area contributed by atoms with Crippen LogP contribution in [0.3, 0.4) is 0 Å². The third-order valence-electron chi connectivity index (χ3n) is 3.85. The summed E-state index contributed by atoms with van der Waals surface area (Å²) in [6, 6.07) is 10.7. The molecule has 1 unspecified atom stereocenters. The van der Waals surface area contributed by atoms with Gasteiger partial charge in [0.2, 0.25) is 10.0 Å². The number of hydrogen-bond acceptors (Lipinski definition) is 7. The molecule has 3 rings (SSSR count). The maximum atomic E-state index is 13.0. The highest BCUT2D eigenvalue weighted by molar-refractivity contribution is 8.01. The number of hydrogen-bond donors (Lipinski definition) is 0. The first-order chi connectivity index (χ1) is 12.3. The lowest BCUT2D eigenvalue weighted by Crippen LogP contribution is -2.30. The van der Waals surface area contributed by atoms with Crippen LogP contribution in [0.1, 0.15) is 10.9 Å². The van der Waals surface area contributed by atoms with Gasteiger partial charge in [-0.3, -0.25) is 20.2 Å². The second-order valence-corrected chi connectivity index (χ2v) is 8.52. The molecule has 0 N–H and O–H groups in total. The first-order valence-electron chi connectivity index (χ1n) is 7.43. The molecule has 0 amide bonds. The van der Waals surface area contributed by atoms with Crippen LogP contribution in [0, 0.1) is 20.2 Å². The first-order valence-corrected chi connectivity index (χ1v) is 9.92. The highest BCUT2D eigenvalue weighted by atomic mass is 32.2. The Morgan fingerprint density at radius 3 is 2.27 bits per heavy atom. The fourth-order valence-electron chi connectivity index (χ4n) is 2.65. The molecule has 1 aliphatic rings. The zero-order chi connectivity index (χ0) is 18.9. The Morgan fingerprint density at radius 2 is 1.62 bits per heavy atom.